The van der Waals surface area contributed by atoms with E-state index in [2.05, 4.69) is 24.1 Å². The maximum absolute atomic E-state index is 2.34. The molecular formula is C7H13N. The molecule has 1 aliphatic rings. The predicted molar refractivity (Wildman–Crippen MR) is 35.6 cm³/mol. The highest BCUT2D eigenvalue weighted by Gasteiger charge is 1.97. The summed E-state index contributed by atoms with van der Waals surface area (Å²) in [5, 5.41) is 0. The maximum Gasteiger partial charge on any atom is 0.0175 e. The van der Waals surface area contributed by atoms with Crippen LogP contribution in [0.3, 0.4) is 0 Å². The van der Waals surface area contributed by atoms with E-state index < -0.39 is 0 Å². The summed E-state index contributed by atoms with van der Waals surface area (Å²) in [5.41, 5.74) is 0. The van der Waals surface area contributed by atoms with E-state index in [-0.39, 0.29) is 0 Å². The quantitative estimate of drug-likeness (QED) is 0.497. The van der Waals surface area contributed by atoms with Crippen molar-refractivity contribution in [3.8, 4) is 0 Å². The molecule has 0 amide bonds. The highest BCUT2D eigenvalue weighted by Crippen LogP contribution is 2.03. The average molecular weight is 111 g/mol. The molecule has 1 heterocycles. The fraction of sp³-hybridized carbons (Fsp3) is 0.714. The minimum atomic E-state index is 1.16. The fourth-order valence-corrected chi connectivity index (χ4v) is 0.974. The Hall–Kier alpha value is -0.460. The summed E-state index contributed by atoms with van der Waals surface area (Å²) < 4.78 is 0. The van der Waals surface area contributed by atoms with Crippen molar-refractivity contribution in [1.29, 1.82) is 0 Å². The molecule has 1 heteroatoms. The molecule has 0 fully saturated rings. The van der Waals surface area contributed by atoms with Gasteiger partial charge in [0, 0.05) is 13.1 Å². The third-order valence-corrected chi connectivity index (χ3v) is 1.54. The topological polar surface area (TPSA) is 3.24 Å². The minimum absolute atomic E-state index is 1.16. The van der Waals surface area contributed by atoms with Gasteiger partial charge in [-0.15, -0.1) is 0 Å². The van der Waals surface area contributed by atoms with Crippen LogP contribution >= 0.6 is 0 Å². The Morgan fingerprint density at radius 1 is 1.62 bits per heavy atom. The van der Waals surface area contributed by atoms with Gasteiger partial charge in [0.25, 0.3) is 0 Å². The van der Waals surface area contributed by atoms with E-state index >= 15 is 0 Å². The number of nitrogens with zero attached hydrogens (tertiary/aromatic N) is 1. The lowest BCUT2D eigenvalue weighted by Crippen LogP contribution is -2.19. The molecule has 0 bridgehead atoms. The van der Waals surface area contributed by atoms with Crippen LogP contribution in [0.25, 0.3) is 0 Å². The standard InChI is InChI=1S/C7H13N/c1-2-8-6-4-3-5-7-8/h4,6H,2-3,5,7H2,1H3. The van der Waals surface area contributed by atoms with E-state index in [1.54, 1.807) is 0 Å². The molecule has 0 unspecified atom stereocenters. The molecule has 0 saturated heterocycles. The van der Waals surface area contributed by atoms with E-state index in [0.29, 0.717) is 0 Å². The Labute approximate surface area is 51.0 Å². The lowest BCUT2D eigenvalue weighted by molar-refractivity contribution is 0.373. The molecule has 0 N–H and O–H groups in total. The van der Waals surface area contributed by atoms with Crippen molar-refractivity contribution in [2.24, 2.45) is 0 Å². The Kier molecular flexibility index (Phi) is 1.95. The molecular weight excluding hydrogens is 98.1 g/mol. The van der Waals surface area contributed by atoms with E-state index in [4.69, 9.17) is 0 Å². The summed E-state index contributed by atoms with van der Waals surface area (Å²) >= 11 is 0. The summed E-state index contributed by atoms with van der Waals surface area (Å²) in [5.74, 6) is 0. The average Bonchev–Trinajstić information content (AvgIpc) is 1.90. The first-order valence-corrected chi connectivity index (χ1v) is 3.34. The van der Waals surface area contributed by atoms with E-state index in [0.717, 1.165) is 6.54 Å². The molecule has 0 spiro atoms. The largest absolute Gasteiger partial charge is 0.378 e. The van der Waals surface area contributed by atoms with Crippen LogP contribution in [0, 0.1) is 0 Å². The summed E-state index contributed by atoms with van der Waals surface area (Å²) in [7, 11) is 0. The van der Waals surface area contributed by atoms with Crippen molar-refractivity contribution in [1.82, 2.24) is 4.90 Å². The molecule has 0 aromatic carbocycles. The van der Waals surface area contributed by atoms with Crippen LogP contribution in [0.5, 0.6) is 0 Å². The van der Waals surface area contributed by atoms with Crippen LogP contribution in [0.15, 0.2) is 12.3 Å². The minimum Gasteiger partial charge on any atom is -0.378 e. The van der Waals surface area contributed by atoms with Gasteiger partial charge in [0.05, 0.1) is 0 Å². The van der Waals surface area contributed by atoms with Crippen LogP contribution in [-0.4, -0.2) is 18.0 Å². The molecule has 46 valence electrons. The van der Waals surface area contributed by atoms with Crippen LogP contribution in [0.2, 0.25) is 0 Å². The lowest BCUT2D eigenvalue weighted by atomic mass is 10.2. The first kappa shape index (κ1) is 5.67. The van der Waals surface area contributed by atoms with Gasteiger partial charge in [0.2, 0.25) is 0 Å². The number of allylic oxidation sites excluding steroid dienone is 1. The zero-order chi connectivity index (χ0) is 5.82. The van der Waals surface area contributed by atoms with Gasteiger partial charge in [-0.25, -0.2) is 0 Å². The number of rotatable bonds is 1. The molecule has 1 rings (SSSR count). The van der Waals surface area contributed by atoms with Crippen LogP contribution in [0.4, 0.5) is 0 Å². The van der Waals surface area contributed by atoms with E-state index in [9.17, 15) is 0 Å². The molecule has 0 radical (unpaired) electrons. The van der Waals surface area contributed by atoms with E-state index in [1.807, 2.05) is 0 Å². The predicted octanol–water partition coefficient (Wildman–Crippen LogP) is 1.62. The van der Waals surface area contributed by atoms with Gasteiger partial charge in [-0.3, -0.25) is 0 Å². The monoisotopic (exact) mass is 111 g/mol. The summed E-state index contributed by atoms with van der Waals surface area (Å²) in [6.07, 6.45) is 7.05. The molecule has 0 atom stereocenters. The Morgan fingerprint density at radius 3 is 2.88 bits per heavy atom. The van der Waals surface area contributed by atoms with Crippen molar-refractivity contribution in [3.63, 3.8) is 0 Å². The smallest absolute Gasteiger partial charge is 0.0175 e. The third kappa shape index (κ3) is 1.25. The van der Waals surface area contributed by atoms with Gasteiger partial charge in [-0.05, 0) is 26.0 Å². The zero-order valence-electron chi connectivity index (χ0n) is 5.43. The fourth-order valence-electron chi connectivity index (χ4n) is 0.974. The Balaban J connectivity index is 2.32. The second kappa shape index (κ2) is 2.75. The summed E-state index contributed by atoms with van der Waals surface area (Å²) in [6.45, 7) is 4.61. The highest BCUT2D eigenvalue weighted by atomic mass is 15.1. The summed E-state index contributed by atoms with van der Waals surface area (Å²) in [4.78, 5) is 2.34. The first-order valence-electron chi connectivity index (χ1n) is 3.34. The van der Waals surface area contributed by atoms with Gasteiger partial charge in [-0.2, -0.15) is 0 Å². The van der Waals surface area contributed by atoms with Gasteiger partial charge in [0.1, 0.15) is 0 Å². The molecule has 0 aromatic heterocycles. The third-order valence-electron chi connectivity index (χ3n) is 1.54. The second-order valence-electron chi connectivity index (χ2n) is 2.16. The van der Waals surface area contributed by atoms with Crippen LogP contribution < -0.4 is 0 Å². The molecule has 0 saturated carbocycles. The van der Waals surface area contributed by atoms with Gasteiger partial charge in [0.15, 0.2) is 0 Å². The zero-order valence-corrected chi connectivity index (χ0v) is 5.43. The van der Waals surface area contributed by atoms with Gasteiger partial charge in [-0.1, -0.05) is 6.08 Å². The van der Waals surface area contributed by atoms with Gasteiger partial charge < -0.3 is 4.90 Å². The van der Waals surface area contributed by atoms with Crippen LogP contribution in [0.1, 0.15) is 19.8 Å². The second-order valence-corrected chi connectivity index (χ2v) is 2.16. The van der Waals surface area contributed by atoms with Crippen LogP contribution in [-0.2, 0) is 0 Å². The van der Waals surface area contributed by atoms with E-state index in [1.165, 1.54) is 19.4 Å². The van der Waals surface area contributed by atoms with Crippen molar-refractivity contribution >= 4 is 0 Å². The van der Waals surface area contributed by atoms with Crippen molar-refractivity contribution in [2.75, 3.05) is 13.1 Å². The highest BCUT2D eigenvalue weighted by molar-refractivity contribution is 4.86. The molecule has 0 aromatic rings. The summed E-state index contributed by atoms with van der Waals surface area (Å²) in [6, 6.07) is 0. The first-order chi connectivity index (χ1) is 3.93. The maximum atomic E-state index is 2.34. The SMILES string of the molecule is CCN1C=CCCC1. The Morgan fingerprint density at radius 2 is 2.50 bits per heavy atom. The van der Waals surface area contributed by atoms with Gasteiger partial charge >= 0.3 is 0 Å². The normalized spacial score (nSPS) is 19.4. The lowest BCUT2D eigenvalue weighted by Gasteiger charge is -2.20. The van der Waals surface area contributed by atoms with Crippen molar-refractivity contribution in [2.45, 2.75) is 19.8 Å². The molecule has 1 aliphatic heterocycles. The molecule has 1 nitrogen and oxygen atoms in total. The molecule has 0 aliphatic carbocycles. The Bertz CT molecular complexity index is 86.4. The molecule has 8 heavy (non-hydrogen) atoms. The number of hydrogen-bond acceptors (Lipinski definition) is 1. The van der Waals surface area contributed by atoms with Crippen molar-refractivity contribution in [3.05, 3.63) is 12.3 Å². The van der Waals surface area contributed by atoms with Crippen molar-refractivity contribution < 1.29 is 0 Å². The number of hydrogen-bond donors (Lipinski definition) is 0.